The fourth-order valence-corrected chi connectivity index (χ4v) is 3.93. The Morgan fingerprint density at radius 2 is 1.89 bits per heavy atom. The van der Waals surface area contributed by atoms with Crippen LogP contribution in [0.5, 0.6) is 11.5 Å². The maximum absolute atomic E-state index is 12.4. The molecule has 4 aromatic rings. The number of furan rings is 1. The van der Waals surface area contributed by atoms with Gasteiger partial charge in [0.25, 0.3) is 5.91 Å². The van der Waals surface area contributed by atoms with Crippen molar-refractivity contribution < 1.29 is 23.5 Å². The van der Waals surface area contributed by atoms with Crippen molar-refractivity contribution in [2.24, 2.45) is 5.10 Å². The normalized spacial score (nSPS) is 11.0. The van der Waals surface area contributed by atoms with Gasteiger partial charge in [0.05, 0.1) is 18.3 Å². The number of nitrogens with zero attached hydrogens (tertiary/aromatic N) is 1. The third-order valence-electron chi connectivity index (χ3n) is 5.02. The van der Waals surface area contributed by atoms with Gasteiger partial charge in [0.2, 0.25) is 0 Å². The van der Waals surface area contributed by atoms with E-state index in [0.717, 1.165) is 15.4 Å². The van der Waals surface area contributed by atoms with Crippen LogP contribution in [0.4, 0.5) is 5.69 Å². The molecule has 184 valence electrons. The molecule has 0 atom stereocenters. The number of fused-ring (bicyclic) bond motifs is 1. The van der Waals surface area contributed by atoms with Crippen molar-refractivity contribution in [3.8, 4) is 11.5 Å². The maximum atomic E-state index is 12.4. The van der Waals surface area contributed by atoms with Crippen LogP contribution in [-0.2, 0) is 4.79 Å². The second-order valence-electron chi connectivity index (χ2n) is 7.73. The van der Waals surface area contributed by atoms with E-state index in [1.54, 1.807) is 36.4 Å². The molecule has 2 N–H and O–H groups in total. The predicted octanol–water partition coefficient (Wildman–Crippen LogP) is 5.95. The third kappa shape index (κ3) is 6.24. The number of nitrogens with one attached hydrogen (secondary N) is 2. The summed E-state index contributed by atoms with van der Waals surface area (Å²) in [6.45, 7) is 1.70. The molecular formula is C26H21BrClN3O5. The van der Waals surface area contributed by atoms with Crippen LogP contribution in [0.15, 0.2) is 74.7 Å². The standard InChI is InChI=1S/C26H21BrClN3O5/c1-15-3-6-19(7-4-15)30-24(32)14-35-25-20(28)9-16(10-22(25)34-2)13-29-31-26(33)23-12-17-11-18(27)5-8-21(17)36-23/h3-13H,14H2,1-2H3,(H,30,32)(H,31,33)/b29-13+. The van der Waals surface area contributed by atoms with E-state index in [-0.39, 0.29) is 29.0 Å². The quantitative estimate of drug-likeness (QED) is 0.201. The lowest BCUT2D eigenvalue weighted by molar-refractivity contribution is -0.118. The zero-order valence-electron chi connectivity index (χ0n) is 19.3. The highest BCUT2D eigenvalue weighted by Gasteiger charge is 2.15. The fraction of sp³-hybridized carbons (Fsp3) is 0.115. The van der Waals surface area contributed by atoms with E-state index in [0.29, 0.717) is 22.6 Å². The molecule has 0 aliphatic heterocycles. The minimum atomic E-state index is -0.504. The molecule has 2 amide bonds. The topological polar surface area (TPSA) is 102 Å². The molecule has 3 aromatic carbocycles. The van der Waals surface area contributed by atoms with Gasteiger partial charge in [-0.25, -0.2) is 5.43 Å². The number of carbonyl (C=O) groups is 2. The average Bonchev–Trinajstić information content (AvgIpc) is 3.28. The van der Waals surface area contributed by atoms with Crippen LogP contribution in [0.1, 0.15) is 21.7 Å². The van der Waals surface area contributed by atoms with E-state index in [9.17, 15) is 9.59 Å². The summed E-state index contributed by atoms with van der Waals surface area (Å²) in [5.41, 5.74) is 5.30. The second kappa shape index (κ2) is 11.3. The molecule has 10 heteroatoms. The number of benzene rings is 3. The maximum Gasteiger partial charge on any atom is 0.307 e. The van der Waals surface area contributed by atoms with Gasteiger partial charge in [0.15, 0.2) is 23.9 Å². The van der Waals surface area contributed by atoms with Crippen molar-refractivity contribution in [3.05, 3.63) is 87.0 Å². The highest BCUT2D eigenvalue weighted by atomic mass is 79.9. The second-order valence-corrected chi connectivity index (χ2v) is 9.05. The number of rotatable bonds is 8. The Labute approximate surface area is 220 Å². The molecule has 0 spiro atoms. The number of halogens is 2. The Morgan fingerprint density at radius 1 is 1.11 bits per heavy atom. The molecule has 0 aliphatic rings. The summed E-state index contributed by atoms with van der Waals surface area (Å²) < 4.78 is 17.4. The third-order valence-corrected chi connectivity index (χ3v) is 5.79. The molecular weight excluding hydrogens is 550 g/mol. The number of ether oxygens (including phenoxy) is 2. The van der Waals surface area contributed by atoms with Crippen molar-refractivity contribution >= 4 is 62.2 Å². The number of amides is 2. The van der Waals surface area contributed by atoms with Gasteiger partial charge in [-0.2, -0.15) is 5.10 Å². The Morgan fingerprint density at radius 3 is 2.64 bits per heavy atom. The first-order valence-electron chi connectivity index (χ1n) is 10.7. The van der Waals surface area contributed by atoms with E-state index in [4.69, 9.17) is 25.5 Å². The molecule has 0 fully saturated rings. The Kier molecular flexibility index (Phi) is 7.92. The highest BCUT2D eigenvalue weighted by molar-refractivity contribution is 9.10. The number of aryl methyl sites for hydroxylation is 1. The van der Waals surface area contributed by atoms with Crippen LogP contribution < -0.4 is 20.2 Å². The monoisotopic (exact) mass is 569 g/mol. The lowest BCUT2D eigenvalue weighted by atomic mass is 10.2. The van der Waals surface area contributed by atoms with Crippen molar-refractivity contribution in [1.82, 2.24) is 5.43 Å². The van der Waals surface area contributed by atoms with Crippen LogP contribution in [0.25, 0.3) is 11.0 Å². The van der Waals surface area contributed by atoms with Crippen molar-refractivity contribution in [1.29, 1.82) is 0 Å². The minimum absolute atomic E-state index is 0.128. The van der Waals surface area contributed by atoms with Gasteiger partial charge in [0.1, 0.15) is 5.58 Å². The fourth-order valence-electron chi connectivity index (χ4n) is 3.27. The SMILES string of the molecule is COc1cc(/C=N/NC(=O)c2cc3cc(Br)ccc3o2)cc(Cl)c1OCC(=O)Nc1ccc(C)cc1. The summed E-state index contributed by atoms with van der Waals surface area (Å²) in [6, 6.07) is 17.7. The van der Waals surface area contributed by atoms with Crippen LogP contribution in [0.3, 0.4) is 0 Å². The molecule has 36 heavy (non-hydrogen) atoms. The Hall–Kier alpha value is -3.82. The average molecular weight is 571 g/mol. The van der Waals surface area contributed by atoms with Crippen molar-refractivity contribution in [2.45, 2.75) is 6.92 Å². The summed E-state index contributed by atoms with van der Waals surface area (Å²) in [4.78, 5) is 24.6. The van der Waals surface area contributed by atoms with Gasteiger partial charge in [-0.3, -0.25) is 9.59 Å². The largest absolute Gasteiger partial charge is 0.493 e. The number of carbonyl (C=O) groups excluding carboxylic acids is 2. The first kappa shape index (κ1) is 25.3. The van der Waals surface area contributed by atoms with Crippen molar-refractivity contribution in [2.75, 3.05) is 19.0 Å². The zero-order chi connectivity index (χ0) is 25.7. The van der Waals surface area contributed by atoms with E-state index in [2.05, 4.69) is 31.8 Å². The first-order valence-corrected chi connectivity index (χ1v) is 11.9. The molecule has 0 aliphatic carbocycles. The molecule has 0 saturated heterocycles. The van der Waals surface area contributed by atoms with E-state index >= 15 is 0 Å². The van der Waals surface area contributed by atoms with E-state index in [1.807, 2.05) is 31.2 Å². The Bertz CT molecular complexity index is 1450. The molecule has 0 radical (unpaired) electrons. The molecule has 1 aromatic heterocycles. The van der Waals surface area contributed by atoms with Gasteiger partial charge < -0.3 is 19.2 Å². The molecule has 0 saturated carbocycles. The number of methoxy groups -OCH3 is 1. The lowest BCUT2D eigenvalue weighted by Gasteiger charge is -2.13. The number of hydrogen-bond donors (Lipinski definition) is 2. The van der Waals surface area contributed by atoms with Crippen LogP contribution in [0, 0.1) is 6.92 Å². The smallest absolute Gasteiger partial charge is 0.307 e. The van der Waals surface area contributed by atoms with E-state index < -0.39 is 5.91 Å². The Balaban J connectivity index is 1.38. The van der Waals surface area contributed by atoms with E-state index in [1.165, 1.54) is 13.3 Å². The van der Waals surface area contributed by atoms with Crippen LogP contribution in [-0.4, -0.2) is 31.7 Å². The summed E-state index contributed by atoms with van der Waals surface area (Å²) in [6.07, 6.45) is 1.40. The first-order chi connectivity index (χ1) is 17.3. The number of hydrogen-bond acceptors (Lipinski definition) is 6. The summed E-state index contributed by atoms with van der Waals surface area (Å²) in [5.74, 6) is -0.197. The van der Waals surface area contributed by atoms with Gasteiger partial charge in [-0.05, 0) is 61.0 Å². The predicted molar refractivity (Wildman–Crippen MR) is 142 cm³/mol. The van der Waals surface area contributed by atoms with Gasteiger partial charge in [0, 0.05) is 15.5 Å². The molecule has 4 rings (SSSR count). The lowest BCUT2D eigenvalue weighted by Crippen LogP contribution is -2.20. The highest BCUT2D eigenvalue weighted by Crippen LogP contribution is 2.36. The molecule has 0 bridgehead atoms. The summed E-state index contributed by atoms with van der Waals surface area (Å²) >= 11 is 9.75. The van der Waals surface area contributed by atoms with Crippen LogP contribution >= 0.6 is 27.5 Å². The summed E-state index contributed by atoms with van der Waals surface area (Å²) in [7, 11) is 1.45. The molecule has 8 nitrogen and oxygen atoms in total. The summed E-state index contributed by atoms with van der Waals surface area (Å²) in [5, 5.41) is 7.72. The minimum Gasteiger partial charge on any atom is -0.493 e. The van der Waals surface area contributed by atoms with Gasteiger partial charge in [-0.15, -0.1) is 0 Å². The number of hydrazone groups is 1. The van der Waals surface area contributed by atoms with Gasteiger partial charge in [-0.1, -0.05) is 45.2 Å². The number of anilines is 1. The van der Waals surface area contributed by atoms with Gasteiger partial charge >= 0.3 is 5.91 Å². The van der Waals surface area contributed by atoms with Crippen molar-refractivity contribution in [3.63, 3.8) is 0 Å². The zero-order valence-corrected chi connectivity index (χ0v) is 21.6. The molecule has 1 heterocycles. The molecule has 0 unspecified atom stereocenters. The van der Waals surface area contributed by atoms with Crippen LogP contribution in [0.2, 0.25) is 5.02 Å².